The number of nitrogens with zero attached hydrogens (tertiary/aromatic N) is 2. The minimum absolute atomic E-state index is 0.298. The molecule has 1 aliphatic heterocycles. The molecular formula is C8H16N3O3S. The fraction of sp³-hybridized carbons (Fsp3) is 0.875. The second-order valence-corrected chi connectivity index (χ2v) is 5.61. The molecule has 1 amide bonds. The van der Waals surface area contributed by atoms with E-state index in [-0.39, 0.29) is 5.92 Å². The summed E-state index contributed by atoms with van der Waals surface area (Å²) in [6.07, 6.45) is 1.55. The minimum atomic E-state index is -3.65. The molecule has 0 spiro atoms. The largest absolute Gasteiger partial charge is 0.303 e. The molecule has 1 heterocycles. The van der Waals surface area contributed by atoms with Gasteiger partial charge in [0.15, 0.2) is 0 Å². The molecule has 1 radical (unpaired) electrons. The van der Waals surface area contributed by atoms with Gasteiger partial charge >= 0.3 is 10.2 Å². The molecule has 87 valence electrons. The number of hydrogen-bond donors (Lipinski definition) is 1. The van der Waals surface area contributed by atoms with Crippen LogP contribution in [0.2, 0.25) is 0 Å². The van der Waals surface area contributed by atoms with E-state index in [4.69, 9.17) is 0 Å². The average Bonchev–Trinajstić information content (AvgIpc) is 2.18. The first-order chi connectivity index (χ1) is 6.93. The van der Waals surface area contributed by atoms with Crippen molar-refractivity contribution in [1.29, 1.82) is 0 Å². The van der Waals surface area contributed by atoms with Gasteiger partial charge in [0.05, 0.1) is 5.92 Å². The van der Waals surface area contributed by atoms with E-state index in [0.29, 0.717) is 13.0 Å². The highest BCUT2D eigenvalue weighted by Crippen LogP contribution is 2.11. The molecule has 1 saturated heterocycles. The molecule has 1 aliphatic rings. The summed E-state index contributed by atoms with van der Waals surface area (Å²) in [7, 11) is -0.903. The Labute approximate surface area is 90.2 Å². The molecule has 0 saturated carbocycles. The van der Waals surface area contributed by atoms with Crippen molar-refractivity contribution in [3.05, 3.63) is 0 Å². The Balaban J connectivity index is 2.55. The summed E-state index contributed by atoms with van der Waals surface area (Å²) in [6.45, 7) is 1.19. The quantitative estimate of drug-likeness (QED) is 0.674. The van der Waals surface area contributed by atoms with E-state index in [1.54, 1.807) is 0 Å². The van der Waals surface area contributed by atoms with Crippen molar-refractivity contribution in [2.75, 3.05) is 27.2 Å². The average molecular weight is 234 g/mol. The summed E-state index contributed by atoms with van der Waals surface area (Å²) in [5.74, 6) is -0.749. The Kier molecular flexibility index (Phi) is 4.06. The Bertz CT molecular complexity index is 320. The van der Waals surface area contributed by atoms with Crippen LogP contribution in [0.1, 0.15) is 12.8 Å². The predicted molar refractivity (Wildman–Crippen MR) is 55.3 cm³/mol. The number of nitrogens with one attached hydrogen (secondary N) is 1. The first kappa shape index (κ1) is 12.4. The number of carbonyl (C=O) groups is 1. The summed E-state index contributed by atoms with van der Waals surface area (Å²) < 4.78 is 25.7. The standard InChI is InChI=1S/C8H16N3O3S/c1-11(2)15(13,14)10-8(12)7-4-3-5-9-6-7/h7H,3-6H2,1-2H3,(H,10,12). The summed E-state index contributed by atoms with van der Waals surface area (Å²) >= 11 is 0. The maximum Gasteiger partial charge on any atom is 0.303 e. The molecule has 1 rings (SSSR count). The van der Waals surface area contributed by atoms with Crippen molar-refractivity contribution in [2.45, 2.75) is 12.8 Å². The summed E-state index contributed by atoms with van der Waals surface area (Å²) in [5, 5.41) is 4.09. The second-order valence-electron chi connectivity index (χ2n) is 3.72. The lowest BCUT2D eigenvalue weighted by Crippen LogP contribution is -2.45. The SMILES string of the molecule is CN(C)S(=O)(=O)NC(=O)C1CCC[N]C1. The van der Waals surface area contributed by atoms with Crippen LogP contribution in [0.4, 0.5) is 0 Å². The van der Waals surface area contributed by atoms with Gasteiger partial charge in [-0.1, -0.05) is 0 Å². The van der Waals surface area contributed by atoms with E-state index in [2.05, 4.69) is 5.32 Å². The van der Waals surface area contributed by atoms with Crippen LogP contribution in [-0.4, -0.2) is 45.8 Å². The number of rotatable bonds is 3. The maximum atomic E-state index is 11.5. The van der Waals surface area contributed by atoms with Crippen molar-refractivity contribution in [3.8, 4) is 0 Å². The van der Waals surface area contributed by atoms with Gasteiger partial charge in [-0.2, -0.15) is 12.7 Å². The fourth-order valence-electron chi connectivity index (χ4n) is 1.30. The monoisotopic (exact) mass is 234 g/mol. The van der Waals surface area contributed by atoms with E-state index in [9.17, 15) is 13.2 Å². The molecule has 1 fully saturated rings. The summed E-state index contributed by atoms with van der Waals surface area (Å²) in [6, 6.07) is 0. The van der Waals surface area contributed by atoms with E-state index in [0.717, 1.165) is 17.3 Å². The van der Waals surface area contributed by atoms with Crippen molar-refractivity contribution < 1.29 is 13.2 Å². The van der Waals surface area contributed by atoms with Gasteiger partial charge in [0.2, 0.25) is 5.91 Å². The van der Waals surface area contributed by atoms with Crippen molar-refractivity contribution in [3.63, 3.8) is 0 Å². The lowest BCUT2D eigenvalue weighted by atomic mass is 9.99. The molecular weight excluding hydrogens is 218 g/mol. The van der Waals surface area contributed by atoms with Gasteiger partial charge < -0.3 is 0 Å². The smallest absolute Gasteiger partial charge is 0.274 e. The molecule has 0 aromatic heterocycles. The maximum absolute atomic E-state index is 11.5. The Morgan fingerprint density at radius 2 is 2.13 bits per heavy atom. The molecule has 0 aromatic carbocycles. The fourth-order valence-corrected chi connectivity index (χ4v) is 1.91. The Morgan fingerprint density at radius 3 is 2.60 bits per heavy atom. The Hall–Kier alpha value is -0.660. The molecule has 0 aromatic rings. The van der Waals surface area contributed by atoms with Gasteiger partial charge in [-0.15, -0.1) is 0 Å². The zero-order chi connectivity index (χ0) is 11.5. The third-order valence-corrected chi connectivity index (χ3v) is 3.72. The molecule has 6 nitrogen and oxygen atoms in total. The molecule has 1 N–H and O–H groups in total. The van der Waals surface area contributed by atoms with Gasteiger partial charge in [-0.3, -0.25) is 4.79 Å². The predicted octanol–water partition coefficient (Wildman–Crippen LogP) is -1.08. The van der Waals surface area contributed by atoms with E-state index in [1.807, 2.05) is 4.72 Å². The minimum Gasteiger partial charge on any atom is -0.274 e. The number of hydrogen-bond acceptors (Lipinski definition) is 3. The lowest BCUT2D eigenvalue weighted by molar-refractivity contribution is -0.123. The van der Waals surface area contributed by atoms with Crippen LogP contribution in [0.25, 0.3) is 0 Å². The van der Waals surface area contributed by atoms with Crippen LogP contribution < -0.4 is 10.0 Å². The van der Waals surface area contributed by atoms with Gasteiger partial charge in [0, 0.05) is 27.2 Å². The van der Waals surface area contributed by atoms with E-state index in [1.165, 1.54) is 14.1 Å². The number of piperidine rings is 1. The molecule has 7 heteroatoms. The van der Waals surface area contributed by atoms with Crippen LogP contribution in [0.15, 0.2) is 0 Å². The van der Waals surface area contributed by atoms with Crippen LogP contribution in [0.3, 0.4) is 0 Å². The molecule has 1 unspecified atom stereocenters. The molecule has 1 atom stereocenters. The highest BCUT2D eigenvalue weighted by atomic mass is 32.2. The highest BCUT2D eigenvalue weighted by Gasteiger charge is 2.26. The van der Waals surface area contributed by atoms with Crippen LogP contribution in [0, 0.1) is 5.92 Å². The summed E-state index contributed by atoms with van der Waals surface area (Å²) in [4.78, 5) is 11.5. The van der Waals surface area contributed by atoms with Crippen molar-refractivity contribution in [2.24, 2.45) is 5.92 Å². The van der Waals surface area contributed by atoms with Gasteiger partial charge in [-0.25, -0.2) is 10.0 Å². The number of carbonyl (C=O) groups excluding carboxylic acids is 1. The molecule has 0 bridgehead atoms. The van der Waals surface area contributed by atoms with E-state index < -0.39 is 16.1 Å². The Morgan fingerprint density at radius 1 is 1.47 bits per heavy atom. The number of amides is 1. The first-order valence-corrected chi connectivity index (χ1v) is 6.25. The zero-order valence-corrected chi connectivity index (χ0v) is 9.75. The second kappa shape index (κ2) is 4.91. The molecule has 0 aliphatic carbocycles. The van der Waals surface area contributed by atoms with Gasteiger partial charge in [0.25, 0.3) is 0 Å². The van der Waals surface area contributed by atoms with Gasteiger partial charge in [0.1, 0.15) is 0 Å². The third-order valence-electron chi connectivity index (χ3n) is 2.30. The highest BCUT2D eigenvalue weighted by molar-refractivity contribution is 7.87. The van der Waals surface area contributed by atoms with Crippen LogP contribution >= 0.6 is 0 Å². The summed E-state index contributed by atoms with van der Waals surface area (Å²) in [5.41, 5.74) is 0. The van der Waals surface area contributed by atoms with Crippen LogP contribution in [0.5, 0.6) is 0 Å². The van der Waals surface area contributed by atoms with Gasteiger partial charge in [-0.05, 0) is 12.8 Å². The van der Waals surface area contributed by atoms with Crippen molar-refractivity contribution in [1.82, 2.24) is 14.3 Å². The topological polar surface area (TPSA) is 80.6 Å². The third kappa shape index (κ3) is 3.44. The van der Waals surface area contributed by atoms with Crippen molar-refractivity contribution >= 4 is 16.1 Å². The lowest BCUT2D eigenvalue weighted by Gasteiger charge is -2.21. The zero-order valence-electron chi connectivity index (χ0n) is 8.93. The first-order valence-electron chi connectivity index (χ1n) is 4.81. The molecule has 15 heavy (non-hydrogen) atoms. The van der Waals surface area contributed by atoms with Crippen LogP contribution in [-0.2, 0) is 15.0 Å². The normalized spacial score (nSPS) is 22.7. The van der Waals surface area contributed by atoms with E-state index >= 15 is 0 Å².